The molecule has 0 bridgehead atoms. The van der Waals surface area contributed by atoms with Crippen molar-refractivity contribution in [1.82, 2.24) is 0 Å². The third kappa shape index (κ3) is 5.33. The van der Waals surface area contributed by atoms with Crippen molar-refractivity contribution in [2.75, 3.05) is 0 Å². The summed E-state index contributed by atoms with van der Waals surface area (Å²) in [5.41, 5.74) is 1.07. The van der Waals surface area contributed by atoms with Gasteiger partial charge in [-0.15, -0.1) is 0 Å². The van der Waals surface area contributed by atoms with Crippen LogP contribution < -0.4 is 0 Å². The highest BCUT2D eigenvalue weighted by molar-refractivity contribution is 5.69. The molecule has 0 saturated heterocycles. The minimum absolute atomic E-state index is 0.241. The molecule has 4 nitrogen and oxygen atoms in total. The molecule has 114 valence electrons. The standard InChI is InChI=1S/C17H22O4/c1-13-16(20-12-14-6-3-2-4-7-14)9-5-8-15(18)10-11-17(19)21-13/h2-7,9,13,15-16,18H,8,10-12H2,1H3/b9-5-/t13-,15-,16-/m1/s1. The highest BCUT2D eigenvalue weighted by Crippen LogP contribution is 2.15. The zero-order valence-corrected chi connectivity index (χ0v) is 12.3. The van der Waals surface area contributed by atoms with E-state index < -0.39 is 6.10 Å². The first-order valence-corrected chi connectivity index (χ1v) is 7.35. The molecule has 1 aromatic carbocycles. The van der Waals surface area contributed by atoms with Crippen molar-refractivity contribution in [3.63, 3.8) is 0 Å². The second-order valence-corrected chi connectivity index (χ2v) is 5.31. The van der Waals surface area contributed by atoms with Gasteiger partial charge in [0.05, 0.1) is 12.7 Å². The van der Waals surface area contributed by atoms with Crippen LogP contribution in [0.1, 0.15) is 31.7 Å². The van der Waals surface area contributed by atoms with E-state index in [0.717, 1.165) is 5.56 Å². The Bertz CT molecular complexity index is 469. The number of carbonyl (C=O) groups excluding carboxylic acids is 1. The molecule has 0 amide bonds. The van der Waals surface area contributed by atoms with Crippen LogP contribution in [0.4, 0.5) is 0 Å². The number of aliphatic hydroxyl groups excluding tert-OH is 1. The van der Waals surface area contributed by atoms with Crippen LogP contribution in [0.3, 0.4) is 0 Å². The van der Waals surface area contributed by atoms with Gasteiger partial charge in [0.15, 0.2) is 0 Å². The van der Waals surface area contributed by atoms with Crippen LogP contribution in [0.25, 0.3) is 0 Å². The molecule has 0 unspecified atom stereocenters. The van der Waals surface area contributed by atoms with Crippen LogP contribution in [0, 0.1) is 0 Å². The van der Waals surface area contributed by atoms with Gasteiger partial charge in [0.1, 0.15) is 12.2 Å². The van der Waals surface area contributed by atoms with Crippen molar-refractivity contribution < 1.29 is 19.4 Å². The van der Waals surface area contributed by atoms with Gasteiger partial charge in [-0.2, -0.15) is 0 Å². The highest BCUT2D eigenvalue weighted by Gasteiger charge is 2.21. The quantitative estimate of drug-likeness (QED) is 0.687. The fourth-order valence-corrected chi connectivity index (χ4v) is 2.22. The molecule has 1 aromatic rings. The van der Waals surface area contributed by atoms with E-state index in [0.29, 0.717) is 19.4 Å². The lowest BCUT2D eigenvalue weighted by Gasteiger charge is -2.23. The lowest BCUT2D eigenvalue weighted by Crippen LogP contribution is -2.30. The van der Waals surface area contributed by atoms with Crippen molar-refractivity contribution in [2.45, 2.75) is 51.1 Å². The molecule has 1 aliphatic rings. The van der Waals surface area contributed by atoms with Crippen LogP contribution in [-0.4, -0.2) is 29.4 Å². The van der Waals surface area contributed by atoms with E-state index in [2.05, 4.69) is 0 Å². The first-order valence-electron chi connectivity index (χ1n) is 7.35. The smallest absolute Gasteiger partial charge is 0.306 e. The summed E-state index contributed by atoms with van der Waals surface area (Å²) in [6.45, 7) is 2.29. The number of cyclic esters (lactones) is 1. The fraction of sp³-hybridized carbons (Fsp3) is 0.471. The fourth-order valence-electron chi connectivity index (χ4n) is 2.22. The summed E-state index contributed by atoms with van der Waals surface area (Å²) in [6.07, 6.45) is 3.83. The maximum absolute atomic E-state index is 11.7. The lowest BCUT2D eigenvalue weighted by molar-refractivity contribution is -0.155. The third-order valence-electron chi connectivity index (χ3n) is 3.48. The van der Waals surface area contributed by atoms with Crippen molar-refractivity contribution in [3.8, 4) is 0 Å². The normalized spacial score (nSPS) is 28.7. The van der Waals surface area contributed by atoms with Crippen LogP contribution in [0.5, 0.6) is 0 Å². The van der Waals surface area contributed by atoms with Crippen molar-refractivity contribution in [2.24, 2.45) is 0 Å². The van der Waals surface area contributed by atoms with Gasteiger partial charge in [-0.25, -0.2) is 0 Å². The molecule has 1 N–H and O–H groups in total. The zero-order valence-electron chi connectivity index (χ0n) is 12.3. The molecule has 1 aliphatic heterocycles. The van der Waals surface area contributed by atoms with Gasteiger partial charge in [0, 0.05) is 6.42 Å². The summed E-state index contributed by atoms with van der Waals surface area (Å²) in [6, 6.07) is 9.86. The maximum atomic E-state index is 11.7. The molecule has 0 spiro atoms. The largest absolute Gasteiger partial charge is 0.460 e. The van der Waals surface area contributed by atoms with Crippen LogP contribution >= 0.6 is 0 Å². The van der Waals surface area contributed by atoms with E-state index in [9.17, 15) is 9.90 Å². The molecule has 0 aromatic heterocycles. The Labute approximate surface area is 125 Å². The molecular weight excluding hydrogens is 268 g/mol. The van der Waals surface area contributed by atoms with Crippen molar-refractivity contribution >= 4 is 5.97 Å². The summed E-state index contributed by atoms with van der Waals surface area (Å²) >= 11 is 0. The average Bonchev–Trinajstić information content (AvgIpc) is 2.49. The Hall–Kier alpha value is -1.65. The zero-order chi connectivity index (χ0) is 15.1. The summed E-state index contributed by atoms with van der Waals surface area (Å²) in [7, 11) is 0. The maximum Gasteiger partial charge on any atom is 0.306 e. The highest BCUT2D eigenvalue weighted by atomic mass is 16.6. The van der Waals surface area contributed by atoms with Gasteiger partial charge in [-0.3, -0.25) is 4.79 Å². The number of aliphatic hydroxyl groups is 1. The SMILES string of the molecule is C[C@H]1OC(=O)CC[C@H](O)C/C=C\[C@H]1OCc1ccccc1. The lowest BCUT2D eigenvalue weighted by atomic mass is 10.1. The van der Waals surface area contributed by atoms with Gasteiger partial charge in [0.2, 0.25) is 0 Å². The van der Waals surface area contributed by atoms with Gasteiger partial charge >= 0.3 is 5.97 Å². The Morgan fingerprint density at radius 3 is 2.86 bits per heavy atom. The summed E-state index contributed by atoms with van der Waals surface area (Å²) < 4.78 is 11.2. The van der Waals surface area contributed by atoms with Crippen molar-refractivity contribution in [3.05, 3.63) is 48.0 Å². The van der Waals surface area contributed by atoms with Gasteiger partial charge in [-0.05, 0) is 25.3 Å². The molecule has 3 atom stereocenters. The molecule has 1 heterocycles. The molecule has 0 fully saturated rings. The van der Waals surface area contributed by atoms with Crippen LogP contribution in [0.15, 0.2) is 42.5 Å². The van der Waals surface area contributed by atoms with Crippen LogP contribution in [-0.2, 0) is 20.9 Å². The molecule has 0 aliphatic carbocycles. The molecule has 2 rings (SSSR count). The van der Waals surface area contributed by atoms with E-state index in [4.69, 9.17) is 9.47 Å². The first kappa shape index (κ1) is 15.7. The predicted octanol–water partition coefficient (Wildman–Crippen LogP) is 2.60. The Balaban J connectivity index is 1.99. The Kier molecular flexibility index (Phi) is 5.96. The number of carbonyl (C=O) groups is 1. The predicted molar refractivity (Wildman–Crippen MR) is 79.6 cm³/mol. The number of benzene rings is 1. The van der Waals surface area contributed by atoms with Crippen molar-refractivity contribution in [1.29, 1.82) is 0 Å². The summed E-state index contributed by atoms with van der Waals surface area (Å²) in [5.74, 6) is -0.287. The summed E-state index contributed by atoms with van der Waals surface area (Å²) in [4.78, 5) is 11.7. The van der Waals surface area contributed by atoms with Gasteiger partial charge in [-0.1, -0.05) is 42.5 Å². The van der Waals surface area contributed by atoms with Gasteiger partial charge in [0.25, 0.3) is 0 Å². The second-order valence-electron chi connectivity index (χ2n) is 5.31. The number of rotatable bonds is 3. The minimum atomic E-state index is -0.503. The molecule has 0 radical (unpaired) electrons. The minimum Gasteiger partial charge on any atom is -0.460 e. The monoisotopic (exact) mass is 290 g/mol. The molecule has 0 saturated carbocycles. The van der Waals surface area contributed by atoms with E-state index in [1.807, 2.05) is 49.4 Å². The number of hydrogen-bond donors (Lipinski definition) is 1. The van der Waals surface area contributed by atoms with E-state index in [1.54, 1.807) is 0 Å². The Morgan fingerprint density at radius 1 is 1.33 bits per heavy atom. The first-order chi connectivity index (χ1) is 10.1. The number of esters is 1. The number of hydrogen-bond acceptors (Lipinski definition) is 4. The van der Waals surface area contributed by atoms with Gasteiger partial charge < -0.3 is 14.6 Å². The van der Waals surface area contributed by atoms with E-state index in [1.165, 1.54) is 0 Å². The number of ether oxygens (including phenoxy) is 2. The molecular formula is C17H22O4. The Morgan fingerprint density at radius 2 is 2.10 bits per heavy atom. The van der Waals surface area contributed by atoms with E-state index >= 15 is 0 Å². The summed E-state index contributed by atoms with van der Waals surface area (Å²) in [5, 5.41) is 9.71. The van der Waals surface area contributed by atoms with E-state index in [-0.39, 0.29) is 24.6 Å². The average molecular weight is 290 g/mol. The topological polar surface area (TPSA) is 55.8 Å². The third-order valence-corrected chi connectivity index (χ3v) is 3.48. The van der Waals surface area contributed by atoms with Crippen LogP contribution in [0.2, 0.25) is 0 Å². The second kappa shape index (κ2) is 7.96. The molecule has 21 heavy (non-hydrogen) atoms. The molecule has 4 heteroatoms.